The van der Waals surface area contributed by atoms with E-state index in [4.69, 9.17) is 9.15 Å². The lowest BCUT2D eigenvalue weighted by Gasteiger charge is -2.38. The molecule has 0 saturated carbocycles. The number of benzene rings is 2. The largest absolute Gasteiger partial charge is 0.487 e. The molecule has 2 heterocycles. The predicted octanol–water partition coefficient (Wildman–Crippen LogP) is 5.55. The van der Waals surface area contributed by atoms with Gasteiger partial charge in [-0.2, -0.15) is 0 Å². The summed E-state index contributed by atoms with van der Waals surface area (Å²) >= 11 is 0. The van der Waals surface area contributed by atoms with Crippen LogP contribution in [0.25, 0.3) is 11.6 Å². The molecule has 0 saturated heterocycles. The average Bonchev–Trinajstić information content (AvgIpc) is 3.20. The van der Waals surface area contributed by atoms with Crippen LogP contribution in [0.15, 0.2) is 71.3 Å². The lowest BCUT2D eigenvalue weighted by Crippen LogP contribution is -2.41. The van der Waals surface area contributed by atoms with Gasteiger partial charge in [0.15, 0.2) is 0 Å². The standard InChI is InChI=1S/C25H25NO3/c1-17-11-12-23-21(14-17)22(16-25(2,3)29-23)26-24(27)20(15-19-10-7-13-28-19)18-8-5-4-6-9-18/h4-15,22H,16H2,1-3H3,(H,26,27)/b20-15+/t22-/m0/s1. The summed E-state index contributed by atoms with van der Waals surface area (Å²) in [4.78, 5) is 13.4. The third kappa shape index (κ3) is 4.27. The van der Waals surface area contributed by atoms with Crippen LogP contribution in [0, 0.1) is 6.92 Å². The first kappa shape index (κ1) is 19.1. The number of carbonyl (C=O) groups excluding carboxylic acids is 1. The van der Waals surface area contributed by atoms with Crippen molar-refractivity contribution < 1.29 is 13.9 Å². The number of nitrogens with one attached hydrogen (secondary N) is 1. The fourth-order valence-corrected chi connectivity index (χ4v) is 3.75. The van der Waals surface area contributed by atoms with E-state index in [2.05, 4.69) is 11.4 Å². The Kier molecular flexibility index (Phi) is 5.01. The third-order valence-corrected chi connectivity index (χ3v) is 5.09. The second kappa shape index (κ2) is 7.63. The second-order valence-electron chi connectivity index (χ2n) is 8.07. The second-order valence-corrected chi connectivity index (χ2v) is 8.07. The Morgan fingerprint density at radius 2 is 1.90 bits per heavy atom. The van der Waals surface area contributed by atoms with Gasteiger partial charge in [-0.05, 0) is 50.6 Å². The molecule has 0 aliphatic carbocycles. The summed E-state index contributed by atoms with van der Waals surface area (Å²) in [5.41, 5.74) is 3.21. The fourth-order valence-electron chi connectivity index (χ4n) is 3.75. The molecule has 1 N–H and O–H groups in total. The first-order valence-corrected chi connectivity index (χ1v) is 9.82. The van der Waals surface area contributed by atoms with Crippen LogP contribution in [-0.2, 0) is 4.79 Å². The van der Waals surface area contributed by atoms with Crippen molar-refractivity contribution in [2.45, 2.75) is 38.8 Å². The number of hydrogen-bond acceptors (Lipinski definition) is 3. The molecule has 1 aliphatic heterocycles. The molecular weight excluding hydrogens is 362 g/mol. The molecule has 1 atom stereocenters. The molecule has 0 bridgehead atoms. The summed E-state index contributed by atoms with van der Waals surface area (Å²) in [5.74, 6) is 1.33. The molecule has 2 aromatic carbocycles. The summed E-state index contributed by atoms with van der Waals surface area (Å²) in [6, 6.07) is 19.3. The highest BCUT2D eigenvalue weighted by atomic mass is 16.5. The molecule has 1 aromatic heterocycles. The number of aryl methyl sites for hydroxylation is 1. The van der Waals surface area contributed by atoms with Crippen molar-refractivity contribution in [1.82, 2.24) is 5.32 Å². The Balaban J connectivity index is 1.69. The van der Waals surface area contributed by atoms with Crippen LogP contribution in [0.5, 0.6) is 5.75 Å². The van der Waals surface area contributed by atoms with E-state index in [0.29, 0.717) is 17.8 Å². The van der Waals surface area contributed by atoms with Gasteiger partial charge in [-0.15, -0.1) is 0 Å². The van der Waals surface area contributed by atoms with Gasteiger partial charge in [0.25, 0.3) is 5.91 Å². The number of carbonyl (C=O) groups is 1. The molecule has 3 aromatic rings. The summed E-state index contributed by atoms with van der Waals surface area (Å²) in [7, 11) is 0. The molecule has 1 aliphatic rings. The smallest absolute Gasteiger partial charge is 0.252 e. The molecule has 0 radical (unpaired) electrons. The summed E-state index contributed by atoms with van der Waals surface area (Å²) in [6.07, 6.45) is 4.08. The average molecular weight is 387 g/mol. The van der Waals surface area contributed by atoms with E-state index >= 15 is 0 Å². The van der Waals surface area contributed by atoms with Crippen molar-refractivity contribution in [2.75, 3.05) is 0 Å². The van der Waals surface area contributed by atoms with Crippen molar-refractivity contribution in [2.24, 2.45) is 0 Å². The van der Waals surface area contributed by atoms with Gasteiger partial charge in [-0.1, -0.05) is 48.0 Å². The zero-order valence-electron chi connectivity index (χ0n) is 16.9. The highest BCUT2D eigenvalue weighted by Gasteiger charge is 2.35. The van der Waals surface area contributed by atoms with Gasteiger partial charge in [-0.3, -0.25) is 4.79 Å². The van der Waals surface area contributed by atoms with Crippen molar-refractivity contribution in [3.05, 3.63) is 89.4 Å². The number of fused-ring (bicyclic) bond motifs is 1. The minimum absolute atomic E-state index is 0.134. The molecule has 0 unspecified atom stereocenters. The maximum absolute atomic E-state index is 13.4. The SMILES string of the molecule is Cc1ccc2c(c1)[C@@H](NC(=O)/C(=C/c1ccco1)c1ccccc1)CC(C)(C)O2. The minimum atomic E-state index is -0.363. The Bertz CT molecular complexity index is 1030. The number of hydrogen-bond donors (Lipinski definition) is 1. The van der Waals surface area contributed by atoms with Crippen LogP contribution < -0.4 is 10.1 Å². The van der Waals surface area contributed by atoms with Crippen molar-refractivity contribution in [3.8, 4) is 5.75 Å². The Morgan fingerprint density at radius 1 is 1.10 bits per heavy atom. The third-order valence-electron chi connectivity index (χ3n) is 5.09. The van der Waals surface area contributed by atoms with Crippen molar-refractivity contribution >= 4 is 17.6 Å². The molecular formula is C25H25NO3. The molecule has 0 fully saturated rings. The number of ether oxygens (including phenoxy) is 1. The first-order valence-electron chi connectivity index (χ1n) is 9.82. The van der Waals surface area contributed by atoms with Gasteiger partial charge in [0.05, 0.1) is 17.9 Å². The fraction of sp³-hybridized carbons (Fsp3) is 0.240. The first-order chi connectivity index (χ1) is 13.9. The van der Waals surface area contributed by atoms with E-state index < -0.39 is 0 Å². The number of furan rings is 1. The normalized spacial score (nSPS) is 17.9. The van der Waals surface area contributed by atoms with Crippen LogP contribution in [0.2, 0.25) is 0 Å². The lowest BCUT2D eigenvalue weighted by molar-refractivity contribution is -0.116. The zero-order chi connectivity index (χ0) is 20.4. The van der Waals surface area contributed by atoms with E-state index in [1.165, 1.54) is 0 Å². The Morgan fingerprint density at radius 3 is 2.62 bits per heavy atom. The molecule has 148 valence electrons. The van der Waals surface area contributed by atoms with E-state index in [1.807, 2.05) is 75.4 Å². The van der Waals surface area contributed by atoms with Gasteiger partial charge in [0.1, 0.15) is 17.1 Å². The highest BCUT2D eigenvalue weighted by Crippen LogP contribution is 2.40. The summed E-state index contributed by atoms with van der Waals surface area (Å²) < 4.78 is 11.6. The minimum Gasteiger partial charge on any atom is -0.487 e. The lowest BCUT2D eigenvalue weighted by atomic mass is 9.88. The number of rotatable bonds is 4. The molecule has 29 heavy (non-hydrogen) atoms. The van der Waals surface area contributed by atoms with Crippen LogP contribution >= 0.6 is 0 Å². The monoisotopic (exact) mass is 387 g/mol. The van der Waals surface area contributed by atoms with Crippen molar-refractivity contribution in [1.29, 1.82) is 0 Å². The molecule has 4 heteroatoms. The van der Waals surface area contributed by atoms with Gasteiger partial charge < -0.3 is 14.5 Å². The molecule has 1 amide bonds. The summed E-state index contributed by atoms with van der Waals surface area (Å²) in [5, 5.41) is 3.24. The van der Waals surface area contributed by atoms with Gasteiger partial charge in [-0.25, -0.2) is 0 Å². The van der Waals surface area contributed by atoms with Crippen LogP contribution in [0.1, 0.15) is 48.8 Å². The maximum atomic E-state index is 13.4. The predicted molar refractivity (Wildman–Crippen MR) is 114 cm³/mol. The van der Waals surface area contributed by atoms with Crippen LogP contribution in [0.4, 0.5) is 0 Å². The van der Waals surface area contributed by atoms with E-state index in [9.17, 15) is 4.79 Å². The zero-order valence-corrected chi connectivity index (χ0v) is 16.9. The van der Waals surface area contributed by atoms with E-state index in [-0.39, 0.29) is 17.6 Å². The topological polar surface area (TPSA) is 51.5 Å². The molecule has 0 spiro atoms. The maximum Gasteiger partial charge on any atom is 0.252 e. The van der Waals surface area contributed by atoms with Crippen LogP contribution in [-0.4, -0.2) is 11.5 Å². The van der Waals surface area contributed by atoms with Gasteiger partial charge in [0, 0.05) is 12.0 Å². The van der Waals surface area contributed by atoms with E-state index in [0.717, 1.165) is 22.4 Å². The Labute approximate surface area is 171 Å². The van der Waals surface area contributed by atoms with Gasteiger partial charge >= 0.3 is 0 Å². The van der Waals surface area contributed by atoms with Crippen molar-refractivity contribution in [3.63, 3.8) is 0 Å². The quantitative estimate of drug-likeness (QED) is 0.597. The van der Waals surface area contributed by atoms with Crippen LogP contribution in [0.3, 0.4) is 0 Å². The number of amides is 1. The molecule has 4 nitrogen and oxygen atoms in total. The Hall–Kier alpha value is -3.27. The van der Waals surface area contributed by atoms with E-state index in [1.54, 1.807) is 12.3 Å². The summed E-state index contributed by atoms with van der Waals surface area (Å²) in [6.45, 7) is 6.14. The highest BCUT2D eigenvalue weighted by molar-refractivity contribution is 6.24. The molecule has 4 rings (SSSR count). The van der Waals surface area contributed by atoms with Gasteiger partial charge in [0.2, 0.25) is 0 Å².